The maximum Gasteiger partial charge on any atom is 0.0317 e. The molecular formula is C23H19BrS. The molecule has 25 heavy (non-hydrogen) atoms. The molecule has 2 heteroatoms. The Kier molecular flexibility index (Phi) is 3.91. The van der Waals surface area contributed by atoms with Crippen LogP contribution in [-0.4, -0.2) is 0 Å². The summed E-state index contributed by atoms with van der Waals surface area (Å²) in [5.74, 6) is 0. The molecule has 0 saturated heterocycles. The SMILES string of the molecule is Brc1ccsc1Cc1cccc2ccc3c(c12)CCC1=C3C=CCC1. The number of halogens is 1. The van der Waals surface area contributed by atoms with Gasteiger partial charge in [-0.25, -0.2) is 0 Å². The van der Waals surface area contributed by atoms with Crippen LogP contribution in [0.1, 0.15) is 40.8 Å². The number of thiophene rings is 1. The van der Waals surface area contributed by atoms with Crippen LogP contribution < -0.4 is 0 Å². The van der Waals surface area contributed by atoms with Crippen LogP contribution in [-0.2, 0) is 12.8 Å². The zero-order chi connectivity index (χ0) is 16.8. The van der Waals surface area contributed by atoms with E-state index in [0.717, 1.165) is 6.42 Å². The smallest absolute Gasteiger partial charge is 0.0317 e. The van der Waals surface area contributed by atoms with Crippen molar-refractivity contribution in [3.8, 4) is 0 Å². The predicted molar refractivity (Wildman–Crippen MR) is 112 cm³/mol. The Morgan fingerprint density at radius 1 is 1.00 bits per heavy atom. The fourth-order valence-electron chi connectivity index (χ4n) is 4.35. The highest BCUT2D eigenvalue weighted by molar-refractivity contribution is 9.10. The van der Waals surface area contributed by atoms with E-state index in [1.165, 1.54) is 62.5 Å². The van der Waals surface area contributed by atoms with Crippen LogP contribution in [0.5, 0.6) is 0 Å². The quantitative estimate of drug-likeness (QED) is 0.418. The van der Waals surface area contributed by atoms with Crippen molar-refractivity contribution >= 4 is 43.6 Å². The van der Waals surface area contributed by atoms with E-state index in [9.17, 15) is 0 Å². The molecule has 0 amide bonds. The van der Waals surface area contributed by atoms with Gasteiger partial charge in [0.05, 0.1) is 0 Å². The van der Waals surface area contributed by atoms with Crippen molar-refractivity contribution in [2.24, 2.45) is 0 Å². The average Bonchev–Trinajstić information content (AvgIpc) is 3.06. The van der Waals surface area contributed by atoms with Gasteiger partial charge in [-0.1, -0.05) is 48.1 Å². The second kappa shape index (κ2) is 6.26. The molecule has 2 aliphatic rings. The molecule has 0 aliphatic heterocycles. The molecule has 1 heterocycles. The number of benzene rings is 2. The van der Waals surface area contributed by atoms with Gasteiger partial charge in [0.15, 0.2) is 0 Å². The van der Waals surface area contributed by atoms with Crippen LogP contribution in [0.2, 0.25) is 0 Å². The Bertz CT molecular complexity index is 1040. The molecule has 0 spiro atoms. The highest BCUT2D eigenvalue weighted by atomic mass is 79.9. The molecule has 0 nitrogen and oxygen atoms in total. The molecule has 0 radical (unpaired) electrons. The number of hydrogen-bond donors (Lipinski definition) is 0. The minimum atomic E-state index is 1.01. The van der Waals surface area contributed by atoms with Gasteiger partial charge in [-0.05, 0) is 86.1 Å². The second-order valence-electron chi connectivity index (χ2n) is 6.93. The molecule has 0 bridgehead atoms. The van der Waals surface area contributed by atoms with E-state index in [0.29, 0.717) is 0 Å². The first-order valence-electron chi connectivity index (χ1n) is 8.95. The number of fused-ring (bicyclic) bond motifs is 4. The van der Waals surface area contributed by atoms with Crippen LogP contribution in [0.15, 0.2) is 64.0 Å². The predicted octanol–water partition coefficient (Wildman–Crippen LogP) is 7.30. The first kappa shape index (κ1) is 15.6. The summed E-state index contributed by atoms with van der Waals surface area (Å²) in [7, 11) is 0. The fourth-order valence-corrected chi connectivity index (χ4v) is 5.86. The molecule has 0 atom stereocenters. The molecule has 3 aromatic rings. The average molecular weight is 407 g/mol. The summed E-state index contributed by atoms with van der Waals surface area (Å²) in [6.07, 6.45) is 10.6. The molecular weight excluding hydrogens is 388 g/mol. The van der Waals surface area contributed by atoms with Crippen molar-refractivity contribution < 1.29 is 0 Å². The third-order valence-electron chi connectivity index (χ3n) is 5.53. The van der Waals surface area contributed by atoms with Crippen LogP contribution >= 0.6 is 27.3 Å². The molecule has 2 aromatic carbocycles. The van der Waals surface area contributed by atoms with Crippen molar-refractivity contribution in [3.05, 3.63) is 85.5 Å². The third kappa shape index (κ3) is 2.63. The zero-order valence-electron chi connectivity index (χ0n) is 14.0. The monoisotopic (exact) mass is 406 g/mol. The Labute approximate surface area is 161 Å². The summed E-state index contributed by atoms with van der Waals surface area (Å²) in [4.78, 5) is 1.42. The molecule has 5 rings (SSSR count). The number of allylic oxidation sites excluding steroid dienone is 4. The minimum Gasteiger partial charge on any atom is -0.147 e. The van der Waals surface area contributed by atoms with Gasteiger partial charge < -0.3 is 0 Å². The van der Waals surface area contributed by atoms with E-state index in [4.69, 9.17) is 0 Å². The zero-order valence-corrected chi connectivity index (χ0v) is 16.4. The van der Waals surface area contributed by atoms with Crippen molar-refractivity contribution in [2.75, 3.05) is 0 Å². The van der Waals surface area contributed by atoms with E-state index >= 15 is 0 Å². The van der Waals surface area contributed by atoms with Gasteiger partial charge in [0, 0.05) is 15.8 Å². The summed E-state index contributed by atoms with van der Waals surface area (Å²) in [6.45, 7) is 0. The summed E-state index contributed by atoms with van der Waals surface area (Å²) in [5.41, 5.74) is 7.66. The molecule has 1 aromatic heterocycles. The minimum absolute atomic E-state index is 1.01. The molecule has 0 saturated carbocycles. The fraction of sp³-hybridized carbons (Fsp3) is 0.217. The molecule has 0 fully saturated rings. The summed E-state index contributed by atoms with van der Waals surface area (Å²) >= 11 is 5.54. The lowest BCUT2D eigenvalue weighted by molar-refractivity contribution is 0.830. The third-order valence-corrected chi connectivity index (χ3v) is 7.45. The van der Waals surface area contributed by atoms with Gasteiger partial charge >= 0.3 is 0 Å². The first-order valence-corrected chi connectivity index (χ1v) is 10.6. The highest BCUT2D eigenvalue weighted by Gasteiger charge is 2.21. The standard InChI is InChI=1S/C23H19BrS/c24-21-12-13-25-22(21)14-17-6-3-5-16-9-10-19-18-7-2-1-4-15(18)8-11-20(19)23(16)17/h2-3,5-7,9-10,12-13H,1,4,8,11,14H2. The topological polar surface area (TPSA) is 0 Å². The van der Waals surface area contributed by atoms with Gasteiger partial charge in [-0.15, -0.1) is 11.3 Å². The summed E-state index contributed by atoms with van der Waals surface area (Å²) in [6, 6.07) is 13.6. The Hall–Kier alpha value is -1.64. The van der Waals surface area contributed by atoms with Gasteiger partial charge in [-0.2, -0.15) is 0 Å². The lowest BCUT2D eigenvalue weighted by Crippen LogP contribution is -2.08. The van der Waals surface area contributed by atoms with Crippen molar-refractivity contribution in [2.45, 2.75) is 32.1 Å². The highest BCUT2D eigenvalue weighted by Crippen LogP contribution is 2.41. The Morgan fingerprint density at radius 3 is 2.84 bits per heavy atom. The normalized spacial score (nSPS) is 16.2. The first-order chi connectivity index (χ1) is 12.3. The lowest BCUT2D eigenvalue weighted by Gasteiger charge is -2.26. The molecule has 0 N–H and O–H groups in total. The molecule has 124 valence electrons. The Morgan fingerprint density at radius 2 is 1.96 bits per heavy atom. The van der Waals surface area contributed by atoms with E-state index in [2.05, 4.69) is 69.9 Å². The maximum atomic E-state index is 3.70. The number of hydrogen-bond acceptors (Lipinski definition) is 1. The summed E-state index contributed by atoms with van der Waals surface area (Å²) in [5, 5.41) is 5.04. The molecule has 0 unspecified atom stereocenters. The largest absolute Gasteiger partial charge is 0.147 e. The van der Waals surface area contributed by atoms with Gasteiger partial charge in [-0.3, -0.25) is 0 Å². The van der Waals surface area contributed by atoms with E-state index < -0.39 is 0 Å². The van der Waals surface area contributed by atoms with Crippen LogP contribution in [0.3, 0.4) is 0 Å². The molecule has 2 aliphatic carbocycles. The van der Waals surface area contributed by atoms with E-state index in [1.54, 1.807) is 11.1 Å². The number of rotatable bonds is 2. The van der Waals surface area contributed by atoms with Crippen molar-refractivity contribution in [1.82, 2.24) is 0 Å². The number of aryl methyl sites for hydroxylation is 1. The van der Waals surface area contributed by atoms with Crippen LogP contribution in [0.25, 0.3) is 16.3 Å². The van der Waals surface area contributed by atoms with E-state index in [1.807, 2.05) is 11.3 Å². The lowest BCUT2D eigenvalue weighted by atomic mass is 9.78. The van der Waals surface area contributed by atoms with Crippen molar-refractivity contribution in [1.29, 1.82) is 0 Å². The van der Waals surface area contributed by atoms with Crippen molar-refractivity contribution in [3.63, 3.8) is 0 Å². The maximum absolute atomic E-state index is 3.70. The van der Waals surface area contributed by atoms with Gasteiger partial charge in [0.25, 0.3) is 0 Å². The summed E-state index contributed by atoms with van der Waals surface area (Å²) < 4.78 is 1.24. The van der Waals surface area contributed by atoms with Crippen LogP contribution in [0.4, 0.5) is 0 Å². The second-order valence-corrected chi connectivity index (χ2v) is 8.79. The van der Waals surface area contributed by atoms with E-state index in [-0.39, 0.29) is 0 Å². The van der Waals surface area contributed by atoms with Crippen LogP contribution in [0, 0.1) is 0 Å². The van der Waals surface area contributed by atoms with Gasteiger partial charge in [0.1, 0.15) is 0 Å². The van der Waals surface area contributed by atoms with Gasteiger partial charge in [0.2, 0.25) is 0 Å². The Balaban J connectivity index is 1.72.